The maximum absolute atomic E-state index is 14.9. The molecular formula is C27H27FN2O6. The van der Waals surface area contributed by atoms with Crippen molar-refractivity contribution in [3.63, 3.8) is 0 Å². The standard InChI is InChI=1S/C27H27FN2O6/c1-3-27(35)18-10-21-23-22(11-29(21)25(33)17(18)12-36-26(27)34)30(14-6-4-5-7-14)20-9-15(13(2)31)19(28)8-16(20)24(23)32/h8-10,13-14,31,35H,3-7,11-12H2,1-2H3/t13-,27+/m1/s1. The van der Waals surface area contributed by atoms with Crippen molar-refractivity contribution < 1.29 is 24.1 Å². The van der Waals surface area contributed by atoms with E-state index in [0.717, 1.165) is 25.7 Å². The van der Waals surface area contributed by atoms with Gasteiger partial charge in [-0.2, -0.15) is 0 Å². The summed E-state index contributed by atoms with van der Waals surface area (Å²) in [5.74, 6) is -1.49. The number of nitrogens with zero attached hydrogens (tertiary/aromatic N) is 2. The number of benzene rings is 1. The van der Waals surface area contributed by atoms with Gasteiger partial charge in [-0.25, -0.2) is 9.18 Å². The highest BCUT2D eigenvalue weighted by molar-refractivity contribution is 5.88. The number of aliphatic hydroxyl groups is 2. The Labute approximate surface area is 205 Å². The molecule has 36 heavy (non-hydrogen) atoms. The Morgan fingerprint density at radius 2 is 1.92 bits per heavy atom. The van der Waals surface area contributed by atoms with Crippen LogP contribution in [0.3, 0.4) is 0 Å². The van der Waals surface area contributed by atoms with Gasteiger partial charge >= 0.3 is 5.97 Å². The summed E-state index contributed by atoms with van der Waals surface area (Å²) in [6.07, 6.45) is 2.75. The second kappa shape index (κ2) is 7.85. The molecule has 0 saturated heterocycles. The molecule has 1 fully saturated rings. The number of aliphatic hydroxyl groups excluding tert-OH is 1. The van der Waals surface area contributed by atoms with Gasteiger partial charge in [-0.1, -0.05) is 19.8 Å². The second-order valence-corrected chi connectivity index (χ2v) is 10.1. The minimum atomic E-state index is -1.98. The van der Waals surface area contributed by atoms with Crippen molar-refractivity contribution in [2.24, 2.45) is 0 Å². The fourth-order valence-electron chi connectivity index (χ4n) is 6.22. The Morgan fingerprint density at radius 3 is 2.58 bits per heavy atom. The number of aromatic nitrogens is 2. The number of fused-ring (bicyclic) bond motifs is 5. The highest BCUT2D eigenvalue weighted by Crippen LogP contribution is 2.41. The van der Waals surface area contributed by atoms with E-state index in [1.165, 1.54) is 17.6 Å². The predicted molar refractivity (Wildman–Crippen MR) is 129 cm³/mol. The summed E-state index contributed by atoms with van der Waals surface area (Å²) in [6, 6.07) is 4.34. The number of carbonyl (C=O) groups excluding carboxylic acids is 1. The first kappa shape index (κ1) is 23.1. The molecule has 0 amide bonds. The molecule has 2 N–H and O–H groups in total. The normalized spacial score (nSPS) is 21.9. The molecule has 3 aromatic rings. The van der Waals surface area contributed by atoms with Crippen molar-refractivity contribution in [2.75, 3.05) is 0 Å². The summed E-state index contributed by atoms with van der Waals surface area (Å²) in [6.45, 7) is 2.99. The Balaban J connectivity index is 1.71. The summed E-state index contributed by atoms with van der Waals surface area (Å²) < 4.78 is 23.6. The van der Waals surface area contributed by atoms with Crippen molar-refractivity contribution in [3.05, 3.63) is 67.0 Å². The number of hydrogen-bond donors (Lipinski definition) is 2. The topological polar surface area (TPSA) is 111 Å². The molecule has 4 heterocycles. The maximum Gasteiger partial charge on any atom is 0.343 e. The van der Waals surface area contributed by atoms with Gasteiger partial charge in [-0.15, -0.1) is 0 Å². The lowest BCUT2D eigenvalue weighted by Gasteiger charge is -2.31. The van der Waals surface area contributed by atoms with Crippen LogP contribution in [0, 0.1) is 5.82 Å². The van der Waals surface area contributed by atoms with Crippen molar-refractivity contribution in [1.82, 2.24) is 9.13 Å². The van der Waals surface area contributed by atoms with Gasteiger partial charge in [0.05, 0.1) is 40.7 Å². The van der Waals surface area contributed by atoms with Crippen molar-refractivity contribution >= 4 is 16.9 Å². The molecule has 2 atom stereocenters. The third-order valence-corrected chi connectivity index (χ3v) is 8.17. The second-order valence-electron chi connectivity index (χ2n) is 10.1. The molecule has 0 bridgehead atoms. The first-order valence-corrected chi connectivity index (χ1v) is 12.4. The zero-order chi connectivity index (χ0) is 25.5. The van der Waals surface area contributed by atoms with E-state index < -0.39 is 34.5 Å². The van der Waals surface area contributed by atoms with E-state index in [9.17, 15) is 29.0 Å². The average molecular weight is 495 g/mol. The van der Waals surface area contributed by atoms with Crippen LogP contribution in [-0.4, -0.2) is 25.3 Å². The van der Waals surface area contributed by atoms with E-state index in [1.54, 1.807) is 19.1 Å². The molecular weight excluding hydrogens is 467 g/mol. The van der Waals surface area contributed by atoms with Crippen molar-refractivity contribution in [3.8, 4) is 11.3 Å². The molecule has 1 aromatic carbocycles. The van der Waals surface area contributed by atoms with Gasteiger partial charge in [0.1, 0.15) is 12.4 Å². The van der Waals surface area contributed by atoms with E-state index in [2.05, 4.69) is 0 Å². The minimum Gasteiger partial charge on any atom is -0.458 e. The quantitative estimate of drug-likeness (QED) is 0.424. The van der Waals surface area contributed by atoms with Gasteiger partial charge in [0.2, 0.25) is 0 Å². The monoisotopic (exact) mass is 494 g/mol. The first-order chi connectivity index (χ1) is 17.2. The molecule has 1 saturated carbocycles. The molecule has 3 aliphatic rings. The third kappa shape index (κ3) is 2.96. The third-order valence-electron chi connectivity index (χ3n) is 8.17. The maximum atomic E-state index is 14.9. The fourth-order valence-corrected chi connectivity index (χ4v) is 6.22. The lowest BCUT2D eigenvalue weighted by atomic mass is 9.85. The molecule has 1 aliphatic carbocycles. The molecule has 0 spiro atoms. The molecule has 0 radical (unpaired) electrons. The van der Waals surface area contributed by atoms with E-state index in [0.29, 0.717) is 16.9 Å². The van der Waals surface area contributed by atoms with E-state index >= 15 is 0 Å². The van der Waals surface area contributed by atoms with Crippen LogP contribution in [0.25, 0.3) is 22.2 Å². The van der Waals surface area contributed by atoms with Crippen LogP contribution in [-0.2, 0) is 28.3 Å². The number of pyridine rings is 2. The van der Waals surface area contributed by atoms with E-state index in [4.69, 9.17) is 4.74 Å². The average Bonchev–Trinajstić information content (AvgIpc) is 3.51. The number of ether oxygens (including phenoxy) is 1. The van der Waals surface area contributed by atoms with E-state index in [-0.39, 0.29) is 53.3 Å². The van der Waals surface area contributed by atoms with Crippen LogP contribution >= 0.6 is 0 Å². The lowest BCUT2D eigenvalue weighted by Crippen LogP contribution is -2.44. The van der Waals surface area contributed by atoms with Gasteiger partial charge in [0, 0.05) is 22.6 Å². The number of esters is 1. The summed E-state index contributed by atoms with van der Waals surface area (Å²) in [5.41, 5.74) is -0.568. The Kier molecular flexibility index (Phi) is 5.04. The number of rotatable bonds is 3. The van der Waals surface area contributed by atoms with Crippen LogP contribution < -0.4 is 11.0 Å². The summed E-state index contributed by atoms with van der Waals surface area (Å²) in [7, 11) is 0. The molecule has 6 rings (SSSR count). The fraction of sp³-hybridized carbons (Fsp3) is 0.444. The summed E-state index contributed by atoms with van der Waals surface area (Å²) >= 11 is 0. The minimum absolute atomic E-state index is 0.00590. The molecule has 2 aliphatic heterocycles. The van der Waals surface area contributed by atoms with Gasteiger partial charge in [0.25, 0.3) is 5.56 Å². The Hall–Kier alpha value is -3.30. The lowest BCUT2D eigenvalue weighted by molar-refractivity contribution is -0.172. The van der Waals surface area contributed by atoms with Crippen LogP contribution in [0.2, 0.25) is 0 Å². The largest absolute Gasteiger partial charge is 0.458 e. The zero-order valence-corrected chi connectivity index (χ0v) is 20.1. The summed E-state index contributed by atoms with van der Waals surface area (Å²) in [4.78, 5) is 39.9. The highest BCUT2D eigenvalue weighted by atomic mass is 19.1. The Bertz CT molecular complexity index is 1580. The van der Waals surface area contributed by atoms with Crippen LogP contribution in [0.1, 0.15) is 80.5 Å². The number of carbonyl (C=O) groups is 1. The van der Waals surface area contributed by atoms with E-state index in [1.807, 2.05) is 4.57 Å². The first-order valence-electron chi connectivity index (χ1n) is 12.4. The van der Waals surface area contributed by atoms with Gasteiger partial charge < -0.3 is 24.1 Å². The highest BCUT2D eigenvalue weighted by Gasteiger charge is 2.45. The molecule has 2 aromatic heterocycles. The Morgan fingerprint density at radius 1 is 1.19 bits per heavy atom. The molecule has 0 unspecified atom stereocenters. The van der Waals surface area contributed by atoms with Crippen LogP contribution in [0.5, 0.6) is 0 Å². The van der Waals surface area contributed by atoms with Crippen LogP contribution in [0.4, 0.5) is 4.39 Å². The molecule has 8 nitrogen and oxygen atoms in total. The smallest absolute Gasteiger partial charge is 0.343 e. The predicted octanol–water partition coefficient (Wildman–Crippen LogP) is 3.15. The summed E-state index contributed by atoms with van der Waals surface area (Å²) in [5, 5.41) is 21.4. The van der Waals surface area contributed by atoms with Gasteiger partial charge in [-0.3, -0.25) is 9.59 Å². The van der Waals surface area contributed by atoms with Crippen molar-refractivity contribution in [2.45, 2.75) is 76.9 Å². The number of hydrogen-bond acceptors (Lipinski definition) is 6. The van der Waals surface area contributed by atoms with Crippen LogP contribution in [0.15, 0.2) is 27.8 Å². The molecule has 188 valence electrons. The van der Waals surface area contributed by atoms with Crippen molar-refractivity contribution in [1.29, 1.82) is 0 Å². The SMILES string of the molecule is CC[C@@]1(O)C(=O)OCc2c1cc1n(c2=O)Cc2c-1c(=O)c1cc(F)c([C@@H](C)O)cc1n2C1CCCC1. The number of cyclic esters (lactones) is 1. The van der Waals surface area contributed by atoms with Gasteiger partial charge in [-0.05, 0) is 44.4 Å². The zero-order valence-electron chi connectivity index (χ0n) is 20.1. The molecule has 9 heteroatoms. The number of halogens is 1. The van der Waals surface area contributed by atoms with Gasteiger partial charge in [0.15, 0.2) is 11.0 Å².